The van der Waals surface area contributed by atoms with E-state index in [4.69, 9.17) is 4.74 Å². The van der Waals surface area contributed by atoms with E-state index >= 15 is 0 Å². The average molecular weight is 371 g/mol. The first kappa shape index (κ1) is 18.7. The molecular formula is C20H22FN3O3. The molecule has 2 aromatic rings. The third-order valence-electron chi connectivity index (χ3n) is 4.54. The Morgan fingerprint density at radius 3 is 2.33 bits per heavy atom. The number of nitrogens with one attached hydrogen (secondary N) is 1. The van der Waals surface area contributed by atoms with E-state index in [1.165, 1.54) is 19.2 Å². The van der Waals surface area contributed by atoms with Gasteiger partial charge in [0.25, 0.3) is 5.91 Å². The summed E-state index contributed by atoms with van der Waals surface area (Å²) in [6, 6.07) is 13.7. The van der Waals surface area contributed by atoms with Crippen molar-refractivity contribution in [3.8, 4) is 5.75 Å². The van der Waals surface area contributed by atoms with Crippen molar-refractivity contribution in [1.29, 1.82) is 0 Å². The van der Waals surface area contributed by atoms with Crippen LogP contribution in [-0.4, -0.2) is 55.0 Å². The number of ether oxygens (including phenoxy) is 1. The van der Waals surface area contributed by atoms with Gasteiger partial charge in [0.1, 0.15) is 0 Å². The summed E-state index contributed by atoms with van der Waals surface area (Å²) >= 11 is 0. The van der Waals surface area contributed by atoms with Crippen LogP contribution in [0.1, 0.15) is 15.9 Å². The molecule has 0 saturated carbocycles. The van der Waals surface area contributed by atoms with E-state index in [0.717, 1.165) is 5.56 Å². The third-order valence-corrected chi connectivity index (χ3v) is 4.54. The summed E-state index contributed by atoms with van der Waals surface area (Å²) in [6.07, 6.45) is 0. The van der Waals surface area contributed by atoms with Gasteiger partial charge in [-0.3, -0.25) is 4.79 Å². The van der Waals surface area contributed by atoms with Crippen molar-refractivity contribution in [2.24, 2.45) is 0 Å². The van der Waals surface area contributed by atoms with E-state index in [0.29, 0.717) is 32.7 Å². The van der Waals surface area contributed by atoms with Crippen molar-refractivity contribution < 1.29 is 18.7 Å². The van der Waals surface area contributed by atoms with Crippen molar-refractivity contribution in [3.05, 3.63) is 65.5 Å². The van der Waals surface area contributed by atoms with Crippen molar-refractivity contribution in [2.45, 2.75) is 6.54 Å². The molecule has 1 fully saturated rings. The zero-order valence-corrected chi connectivity index (χ0v) is 15.2. The number of hydrogen-bond acceptors (Lipinski definition) is 3. The molecule has 0 aliphatic carbocycles. The minimum atomic E-state index is -0.567. The number of amides is 3. The molecule has 3 amide bonds. The standard InChI is InChI=1S/C20H22FN3O3/c1-27-18-8-7-16(13-17(18)21)19(25)23-9-11-24(12-10-23)20(26)22-14-15-5-3-2-4-6-15/h2-8,13H,9-12,14H2,1H3,(H,22,26). The van der Waals surface area contributed by atoms with Gasteiger partial charge in [0.15, 0.2) is 11.6 Å². The SMILES string of the molecule is COc1ccc(C(=O)N2CCN(C(=O)NCc3ccccc3)CC2)cc1F. The van der Waals surface area contributed by atoms with Crippen LogP contribution in [0.3, 0.4) is 0 Å². The zero-order chi connectivity index (χ0) is 19.2. The van der Waals surface area contributed by atoms with Gasteiger partial charge >= 0.3 is 6.03 Å². The number of halogens is 1. The Morgan fingerprint density at radius 2 is 1.70 bits per heavy atom. The maximum Gasteiger partial charge on any atom is 0.317 e. The highest BCUT2D eigenvalue weighted by Crippen LogP contribution is 2.19. The molecule has 142 valence electrons. The molecule has 6 nitrogen and oxygen atoms in total. The fourth-order valence-corrected chi connectivity index (χ4v) is 2.98. The van der Waals surface area contributed by atoms with E-state index in [9.17, 15) is 14.0 Å². The number of benzene rings is 2. The minimum Gasteiger partial charge on any atom is -0.494 e. The molecule has 1 N–H and O–H groups in total. The number of urea groups is 1. The van der Waals surface area contributed by atoms with Crippen LogP contribution in [0.15, 0.2) is 48.5 Å². The smallest absolute Gasteiger partial charge is 0.317 e. The summed E-state index contributed by atoms with van der Waals surface area (Å²) in [7, 11) is 1.38. The lowest BCUT2D eigenvalue weighted by Gasteiger charge is -2.34. The van der Waals surface area contributed by atoms with Gasteiger partial charge in [0.05, 0.1) is 7.11 Å². The van der Waals surface area contributed by atoms with Crippen LogP contribution in [0.2, 0.25) is 0 Å². The summed E-state index contributed by atoms with van der Waals surface area (Å²) in [6.45, 7) is 2.15. The van der Waals surface area contributed by atoms with Crippen molar-refractivity contribution >= 4 is 11.9 Å². The van der Waals surface area contributed by atoms with Gasteiger partial charge in [0, 0.05) is 38.3 Å². The molecule has 3 rings (SSSR count). The van der Waals surface area contributed by atoms with Gasteiger partial charge in [-0.25, -0.2) is 9.18 Å². The predicted octanol–water partition coefficient (Wildman–Crippen LogP) is 2.50. The molecule has 1 aliphatic rings. The van der Waals surface area contributed by atoms with E-state index < -0.39 is 5.82 Å². The number of hydrogen-bond donors (Lipinski definition) is 1. The normalized spacial score (nSPS) is 14.0. The Labute approximate surface area is 157 Å². The fraction of sp³-hybridized carbons (Fsp3) is 0.300. The van der Waals surface area contributed by atoms with Crippen LogP contribution in [0.25, 0.3) is 0 Å². The lowest BCUT2D eigenvalue weighted by Crippen LogP contribution is -2.53. The van der Waals surface area contributed by atoms with E-state index in [1.807, 2.05) is 30.3 Å². The lowest BCUT2D eigenvalue weighted by atomic mass is 10.1. The van der Waals surface area contributed by atoms with E-state index in [-0.39, 0.29) is 23.3 Å². The van der Waals surface area contributed by atoms with Crippen molar-refractivity contribution in [3.63, 3.8) is 0 Å². The molecule has 0 aromatic heterocycles. The maximum atomic E-state index is 13.8. The van der Waals surface area contributed by atoms with E-state index in [2.05, 4.69) is 5.32 Å². The second-order valence-electron chi connectivity index (χ2n) is 6.27. The molecule has 2 aromatic carbocycles. The highest BCUT2D eigenvalue weighted by molar-refractivity contribution is 5.94. The Bertz CT molecular complexity index is 805. The molecule has 1 saturated heterocycles. The average Bonchev–Trinajstić information content (AvgIpc) is 2.72. The first-order chi connectivity index (χ1) is 13.1. The maximum absolute atomic E-state index is 13.8. The summed E-state index contributed by atoms with van der Waals surface area (Å²) in [4.78, 5) is 28.1. The molecule has 7 heteroatoms. The van der Waals surface area contributed by atoms with Gasteiger partial charge in [-0.15, -0.1) is 0 Å². The summed E-state index contributed by atoms with van der Waals surface area (Å²) < 4.78 is 18.7. The van der Waals surface area contributed by atoms with Crippen LogP contribution in [0.4, 0.5) is 9.18 Å². The Morgan fingerprint density at radius 1 is 1.04 bits per heavy atom. The number of carbonyl (C=O) groups is 2. The van der Waals surface area contributed by atoms with Gasteiger partial charge < -0.3 is 19.9 Å². The van der Waals surface area contributed by atoms with Crippen molar-refractivity contribution in [2.75, 3.05) is 33.3 Å². The number of nitrogens with zero attached hydrogens (tertiary/aromatic N) is 2. The molecule has 27 heavy (non-hydrogen) atoms. The Kier molecular flexibility index (Phi) is 5.90. The molecule has 0 spiro atoms. The first-order valence-corrected chi connectivity index (χ1v) is 8.78. The van der Waals surface area contributed by atoms with Crippen LogP contribution in [0.5, 0.6) is 5.75 Å². The second-order valence-corrected chi connectivity index (χ2v) is 6.27. The van der Waals surface area contributed by atoms with Gasteiger partial charge in [-0.05, 0) is 23.8 Å². The summed E-state index contributed by atoms with van der Waals surface area (Å²) in [5.74, 6) is -0.713. The number of rotatable bonds is 4. The van der Waals surface area contributed by atoms with Crippen LogP contribution in [-0.2, 0) is 6.54 Å². The van der Waals surface area contributed by atoms with Gasteiger partial charge in [-0.2, -0.15) is 0 Å². The first-order valence-electron chi connectivity index (χ1n) is 8.78. The molecule has 1 aliphatic heterocycles. The van der Waals surface area contributed by atoms with Crippen molar-refractivity contribution in [1.82, 2.24) is 15.1 Å². The molecular weight excluding hydrogens is 349 g/mol. The van der Waals surface area contributed by atoms with Crippen LogP contribution in [0, 0.1) is 5.82 Å². The van der Waals surface area contributed by atoms with E-state index in [1.54, 1.807) is 15.9 Å². The quantitative estimate of drug-likeness (QED) is 0.898. The molecule has 0 bridgehead atoms. The summed E-state index contributed by atoms with van der Waals surface area (Å²) in [5, 5.41) is 2.88. The fourth-order valence-electron chi connectivity index (χ4n) is 2.98. The highest BCUT2D eigenvalue weighted by Gasteiger charge is 2.25. The monoisotopic (exact) mass is 371 g/mol. The number of carbonyl (C=O) groups excluding carboxylic acids is 2. The zero-order valence-electron chi connectivity index (χ0n) is 15.2. The molecule has 0 atom stereocenters. The topological polar surface area (TPSA) is 61.9 Å². The summed E-state index contributed by atoms with van der Waals surface area (Å²) in [5.41, 5.74) is 1.30. The Balaban J connectivity index is 1.51. The predicted molar refractivity (Wildman–Crippen MR) is 99.1 cm³/mol. The van der Waals surface area contributed by atoms with Crippen LogP contribution < -0.4 is 10.1 Å². The largest absolute Gasteiger partial charge is 0.494 e. The molecule has 1 heterocycles. The number of methoxy groups -OCH3 is 1. The minimum absolute atomic E-state index is 0.103. The number of piperazine rings is 1. The van der Waals surface area contributed by atoms with Gasteiger partial charge in [-0.1, -0.05) is 30.3 Å². The Hall–Kier alpha value is -3.09. The van der Waals surface area contributed by atoms with Crippen LogP contribution >= 0.6 is 0 Å². The lowest BCUT2D eigenvalue weighted by molar-refractivity contribution is 0.0664. The highest BCUT2D eigenvalue weighted by atomic mass is 19.1. The second kappa shape index (κ2) is 8.53. The third kappa shape index (κ3) is 4.55. The molecule has 0 unspecified atom stereocenters. The molecule has 0 radical (unpaired) electrons. The van der Waals surface area contributed by atoms with Gasteiger partial charge in [0.2, 0.25) is 0 Å².